The SMILES string of the molecule is COc1cccc(C(=O)Nc2ccc(O)c(-c3nc4cc(C)c(C)cc4o3)c2)c1. The Kier molecular flexibility index (Phi) is 4.68. The van der Waals surface area contributed by atoms with Crippen LogP contribution in [0.1, 0.15) is 21.5 Å². The summed E-state index contributed by atoms with van der Waals surface area (Å²) in [5.41, 5.74) is 4.96. The number of nitrogens with one attached hydrogen (secondary N) is 1. The van der Waals surface area contributed by atoms with Crippen LogP contribution in [0.3, 0.4) is 0 Å². The molecule has 1 aromatic heterocycles. The average Bonchev–Trinajstić information content (AvgIpc) is 3.12. The van der Waals surface area contributed by atoms with Gasteiger partial charge in [0.15, 0.2) is 5.58 Å². The number of hydrogen-bond donors (Lipinski definition) is 2. The normalized spacial score (nSPS) is 10.9. The maximum Gasteiger partial charge on any atom is 0.255 e. The van der Waals surface area contributed by atoms with E-state index < -0.39 is 0 Å². The number of carbonyl (C=O) groups is 1. The minimum Gasteiger partial charge on any atom is -0.507 e. The molecule has 1 amide bonds. The number of nitrogens with zero attached hydrogens (tertiary/aromatic N) is 1. The van der Waals surface area contributed by atoms with Crippen LogP contribution >= 0.6 is 0 Å². The van der Waals surface area contributed by atoms with Crippen molar-refractivity contribution in [1.29, 1.82) is 0 Å². The van der Waals surface area contributed by atoms with Crippen LogP contribution in [-0.4, -0.2) is 23.1 Å². The molecule has 0 aliphatic carbocycles. The lowest BCUT2D eigenvalue weighted by atomic mass is 10.1. The van der Waals surface area contributed by atoms with Crippen molar-refractivity contribution in [1.82, 2.24) is 4.98 Å². The number of aromatic hydroxyl groups is 1. The summed E-state index contributed by atoms with van der Waals surface area (Å²) < 4.78 is 11.0. The molecule has 0 unspecified atom stereocenters. The first-order valence-electron chi connectivity index (χ1n) is 9.11. The minimum absolute atomic E-state index is 0.0179. The third kappa shape index (κ3) is 3.65. The summed E-state index contributed by atoms with van der Waals surface area (Å²) in [6.45, 7) is 4.01. The summed E-state index contributed by atoms with van der Waals surface area (Å²) in [7, 11) is 1.55. The number of ether oxygens (including phenoxy) is 1. The maximum atomic E-state index is 12.6. The standard InChI is InChI=1S/C23H20N2O4/c1-13-9-19-21(10-14(13)2)29-23(25-19)18-12-16(7-8-20(18)26)24-22(27)15-5-4-6-17(11-15)28-3/h4-12,26H,1-3H3,(H,24,27). The number of fused-ring (bicyclic) bond motifs is 1. The third-order valence-corrected chi connectivity index (χ3v) is 4.82. The number of methoxy groups -OCH3 is 1. The highest BCUT2D eigenvalue weighted by Gasteiger charge is 2.15. The first-order chi connectivity index (χ1) is 13.9. The van der Waals surface area contributed by atoms with E-state index >= 15 is 0 Å². The Balaban J connectivity index is 1.66. The highest BCUT2D eigenvalue weighted by Crippen LogP contribution is 2.34. The van der Waals surface area contributed by atoms with Crippen LogP contribution < -0.4 is 10.1 Å². The summed E-state index contributed by atoms with van der Waals surface area (Å²) in [4.78, 5) is 17.1. The van der Waals surface area contributed by atoms with Crippen molar-refractivity contribution in [3.63, 3.8) is 0 Å². The van der Waals surface area contributed by atoms with E-state index in [4.69, 9.17) is 9.15 Å². The van der Waals surface area contributed by atoms with Crippen LogP contribution in [0.25, 0.3) is 22.6 Å². The summed E-state index contributed by atoms with van der Waals surface area (Å²) in [6, 6.07) is 15.5. The Morgan fingerprint density at radius 1 is 1.07 bits per heavy atom. The molecule has 6 nitrogen and oxygen atoms in total. The molecule has 0 aliphatic heterocycles. The molecular weight excluding hydrogens is 368 g/mol. The molecule has 146 valence electrons. The van der Waals surface area contributed by atoms with Crippen molar-refractivity contribution < 1.29 is 19.1 Å². The fourth-order valence-corrected chi connectivity index (χ4v) is 3.05. The summed E-state index contributed by atoms with van der Waals surface area (Å²) in [5, 5.41) is 13.1. The lowest BCUT2D eigenvalue weighted by Crippen LogP contribution is -2.11. The molecule has 0 bridgehead atoms. The molecule has 0 radical (unpaired) electrons. The molecule has 3 aromatic carbocycles. The predicted molar refractivity (Wildman–Crippen MR) is 112 cm³/mol. The third-order valence-electron chi connectivity index (χ3n) is 4.82. The molecule has 0 saturated carbocycles. The van der Waals surface area contributed by atoms with E-state index in [9.17, 15) is 9.90 Å². The predicted octanol–water partition coefficient (Wildman–Crippen LogP) is 5.08. The highest BCUT2D eigenvalue weighted by atomic mass is 16.5. The van der Waals surface area contributed by atoms with Crippen LogP contribution in [0, 0.1) is 13.8 Å². The topological polar surface area (TPSA) is 84.6 Å². The molecule has 0 atom stereocenters. The van der Waals surface area contributed by atoms with Crippen LogP contribution in [0.4, 0.5) is 5.69 Å². The number of hydrogen-bond acceptors (Lipinski definition) is 5. The number of anilines is 1. The van der Waals surface area contributed by atoms with Gasteiger partial charge in [0.2, 0.25) is 5.89 Å². The van der Waals surface area contributed by atoms with Gasteiger partial charge in [0, 0.05) is 11.3 Å². The molecule has 6 heteroatoms. The lowest BCUT2D eigenvalue weighted by Gasteiger charge is -2.08. The van der Waals surface area contributed by atoms with Gasteiger partial charge in [-0.2, -0.15) is 0 Å². The number of amides is 1. The number of phenols is 1. The van der Waals surface area contributed by atoms with Gasteiger partial charge >= 0.3 is 0 Å². The largest absolute Gasteiger partial charge is 0.507 e. The molecule has 0 fully saturated rings. The molecule has 1 heterocycles. The van der Waals surface area contributed by atoms with Gasteiger partial charge in [-0.1, -0.05) is 6.07 Å². The van der Waals surface area contributed by atoms with Gasteiger partial charge in [-0.05, 0) is 73.5 Å². The van der Waals surface area contributed by atoms with Crippen molar-refractivity contribution in [3.05, 3.63) is 71.3 Å². The van der Waals surface area contributed by atoms with Gasteiger partial charge in [0.1, 0.15) is 17.0 Å². The smallest absolute Gasteiger partial charge is 0.255 e. The van der Waals surface area contributed by atoms with E-state index in [2.05, 4.69) is 10.3 Å². The van der Waals surface area contributed by atoms with E-state index in [-0.39, 0.29) is 11.7 Å². The zero-order chi connectivity index (χ0) is 20.5. The molecular formula is C23H20N2O4. The molecule has 0 aliphatic rings. The number of aromatic nitrogens is 1. The second-order valence-corrected chi connectivity index (χ2v) is 6.84. The Morgan fingerprint density at radius 2 is 1.86 bits per heavy atom. The van der Waals surface area contributed by atoms with E-state index in [0.717, 1.165) is 11.1 Å². The van der Waals surface area contributed by atoms with Crippen molar-refractivity contribution in [2.24, 2.45) is 0 Å². The Morgan fingerprint density at radius 3 is 2.66 bits per heavy atom. The molecule has 2 N–H and O–H groups in total. The van der Waals surface area contributed by atoms with Gasteiger partial charge in [-0.25, -0.2) is 4.98 Å². The van der Waals surface area contributed by atoms with Crippen LogP contribution in [-0.2, 0) is 0 Å². The van der Waals surface area contributed by atoms with Crippen molar-refractivity contribution in [3.8, 4) is 23.0 Å². The molecule has 0 saturated heterocycles. The molecule has 29 heavy (non-hydrogen) atoms. The summed E-state index contributed by atoms with van der Waals surface area (Å²) in [5.74, 6) is 0.620. The van der Waals surface area contributed by atoms with Crippen molar-refractivity contribution in [2.45, 2.75) is 13.8 Å². The average molecular weight is 388 g/mol. The van der Waals surface area contributed by atoms with Crippen molar-refractivity contribution >= 4 is 22.7 Å². The fraction of sp³-hybridized carbons (Fsp3) is 0.130. The van der Waals surface area contributed by atoms with Crippen molar-refractivity contribution in [2.75, 3.05) is 12.4 Å². The second-order valence-electron chi connectivity index (χ2n) is 6.84. The maximum absolute atomic E-state index is 12.6. The number of oxazole rings is 1. The number of aryl methyl sites for hydroxylation is 2. The van der Waals surface area contributed by atoms with Crippen LogP contribution in [0.15, 0.2) is 59.0 Å². The van der Waals surface area contributed by atoms with Gasteiger partial charge in [-0.15, -0.1) is 0 Å². The van der Waals surface area contributed by atoms with E-state index in [1.165, 1.54) is 6.07 Å². The zero-order valence-electron chi connectivity index (χ0n) is 16.3. The molecule has 0 spiro atoms. The lowest BCUT2D eigenvalue weighted by molar-refractivity contribution is 0.102. The fourth-order valence-electron chi connectivity index (χ4n) is 3.05. The number of benzene rings is 3. The van der Waals surface area contributed by atoms with Gasteiger partial charge in [-0.3, -0.25) is 4.79 Å². The van der Waals surface area contributed by atoms with Crippen LogP contribution in [0.5, 0.6) is 11.5 Å². The summed E-state index contributed by atoms with van der Waals surface area (Å²) in [6.07, 6.45) is 0. The zero-order valence-corrected chi connectivity index (χ0v) is 16.3. The Labute approximate surface area is 167 Å². The first kappa shape index (κ1) is 18.6. The van der Waals surface area contributed by atoms with E-state index in [1.54, 1.807) is 43.5 Å². The van der Waals surface area contributed by atoms with E-state index in [1.807, 2.05) is 26.0 Å². The van der Waals surface area contributed by atoms with Gasteiger partial charge < -0.3 is 19.6 Å². The van der Waals surface area contributed by atoms with Gasteiger partial charge in [0.25, 0.3) is 5.91 Å². The summed E-state index contributed by atoms with van der Waals surface area (Å²) >= 11 is 0. The highest BCUT2D eigenvalue weighted by molar-refractivity contribution is 6.04. The first-order valence-corrected chi connectivity index (χ1v) is 9.11. The number of phenolic OH excluding ortho intramolecular Hbond substituents is 1. The number of rotatable bonds is 4. The molecule has 4 aromatic rings. The van der Waals surface area contributed by atoms with E-state index in [0.29, 0.717) is 39.6 Å². The van der Waals surface area contributed by atoms with Crippen LogP contribution in [0.2, 0.25) is 0 Å². The molecule has 4 rings (SSSR count). The Hall–Kier alpha value is -3.80. The monoisotopic (exact) mass is 388 g/mol. The second kappa shape index (κ2) is 7.31. The quantitative estimate of drug-likeness (QED) is 0.476. The van der Waals surface area contributed by atoms with Gasteiger partial charge in [0.05, 0.1) is 12.7 Å². The Bertz CT molecular complexity index is 1190. The minimum atomic E-state index is -0.288. The number of carbonyl (C=O) groups excluding carboxylic acids is 1.